The molecule has 19 heavy (non-hydrogen) atoms. The molecule has 0 amide bonds. The van der Waals surface area contributed by atoms with Crippen LogP contribution >= 0.6 is 0 Å². The molecule has 1 N–H and O–H groups in total. The van der Waals surface area contributed by atoms with Crippen LogP contribution in [0.4, 0.5) is 0 Å². The molecule has 0 radical (unpaired) electrons. The number of aromatic carboxylic acids is 1. The van der Waals surface area contributed by atoms with E-state index in [0.717, 1.165) is 24.0 Å². The first-order chi connectivity index (χ1) is 9.19. The molecule has 0 saturated heterocycles. The minimum Gasteiger partial charge on any atom is -0.478 e. The summed E-state index contributed by atoms with van der Waals surface area (Å²) < 4.78 is 0. The van der Waals surface area contributed by atoms with Crippen LogP contribution in [-0.4, -0.2) is 16.1 Å². The Kier molecular flexibility index (Phi) is 6.30. The van der Waals surface area contributed by atoms with Gasteiger partial charge in [-0.3, -0.25) is 4.98 Å². The second-order valence-corrected chi connectivity index (χ2v) is 4.11. The fourth-order valence-electron chi connectivity index (χ4n) is 1.54. The highest BCUT2D eigenvalue weighted by molar-refractivity contribution is 5.89. The summed E-state index contributed by atoms with van der Waals surface area (Å²) in [6.45, 7) is 4.06. The van der Waals surface area contributed by atoms with Crippen molar-refractivity contribution in [3.8, 4) is 0 Å². The zero-order valence-electron chi connectivity index (χ0n) is 11.3. The van der Waals surface area contributed by atoms with Gasteiger partial charge in [-0.2, -0.15) is 0 Å². The first-order valence-electron chi connectivity index (χ1n) is 6.37. The summed E-state index contributed by atoms with van der Waals surface area (Å²) in [6, 6.07) is 1.64. The number of carbonyl (C=O) groups is 1. The molecule has 1 heterocycles. The van der Waals surface area contributed by atoms with Crippen LogP contribution in [0, 0.1) is 0 Å². The highest BCUT2D eigenvalue weighted by Gasteiger charge is 2.05. The first-order valence-corrected chi connectivity index (χ1v) is 6.37. The third kappa shape index (κ3) is 4.92. The van der Waals surface area contributed by atoms with E-state index in [1.54, 1.807) is 12.3 Å². The SMILES string of the molecule is C\C=C/C=C(\C=C\CCC)c1cncc(C(=O)O)c1. The average molecular weight is 257 g/mol. The first kappa shape index (κ1) is 14.9. The monoisotopic (exact) mass is 257 g/mol. The van der Waals surface area contributed by atoms with Gasteiger partial charge < -0.3 is 5.11 Å². The predicted octanol–water partition coefficient (Wildman–Crippen LogP) is 4.10. The second kappa shape index (κ2) is 8.03. The van der Waals surface area contributed by atoms with Gasteiger partial charge in [0.25, 0.3) is 0 Å². The maximum atomic E-state index is 11.0. The number of carboxylic acid groups (broad SMARTS) is 1. The van der Waals surface area contributed by atoms with Crippen LogP contribution in [0.25, 0.3) is 5.57 Å². The van der Waals surface area contributed by atoms with Crippen molar-refractivity contribution in [2.45, 2.75) is 26.7 Å². The Balaban J connectivity index is 3.10. The molecule has 0 aliphatic rings. The van der Waals surface area contributed by atoms with Gasteiger partial charge in [0.2, 0.25) is 0 Å². The summed E-state index contributed by atoms with van der Waals surface area (Å²) in [4.78, 5) is 14.9. The molecule has 0 aromatic carbocycles. The molecule has 0 spiro atoms. The highest BCUT2D eigenvalue weighted by Crippen LogP contribution is 2.17. The molecule has 0 aliphatic heterocycles. The molecule has 0 saturated carbocycles. The summed E-state index contributed by atoms with van der Waals surface area (Å²) in [6.07, 6.45) is 15.0. The molecule has 0 bridgehead atoms. The lowest BCUT2D eigenvalue weighted by atomic mass is 10.0. The quantitative estimate of drug-likeness (QED) is 0.781. The van der Waals surface area contributed by atoms with Crippen molar-refractivity contribution in [3.05, 3.63) is 60.0 Å². The van der Waals surface area contributed by atoms with Crippen molar-refractivity contribution in [1.29, 1.82) is 0 Å². The van der Waals surface area contributed by atoms with E-state index >= 15 is 0 Å². The number of pyridine rings is 1. The standard InChI is InChI=1S/C16H19NO2/c1-3-5-7-9-13(8-6-4-2)14-10-15(16(18)19)12-17-11-14/h4,6-12H,3,5H2,1-2H3,(H,18,19)/b6-4-,9-7+,13-8+. The second-order valence-electron chi connectivity index (χ2n) is 4.11. The lowest BCUT2D eigenvalue weighted by Gasteiger charge is -2.03. The maximum Gasteiger partial charge on any atom is 0.337 e. The molecular weight excluding hydrogens is 238 g/mol. The van der Waals surface area contributed by atoms with E-state index in [2.05, 4.69) is 18.0 Å². The van der Waals surface area contributed by atoms with Crippen LogP contribution < -0.4 is 0 Å². The van der Waals surface area contributed by atoms with Crippen molar-refractivity contribution >= 4 is 11.5 Å². The lowest BCUT2D eigenvalue weighted by molar-refractivity contribution is 0.0696. The van der Waals surface area contributed by atoms with E-state index in [1.165, 1.54) is 6.20 Å². The Morgan fingerprint density at radius 3 is 2.74 bits per heavy atom. The van der Waals surface area contributed by atoms with Gasteiger partial charge in [-0.1, -0.05) is 43.7 Å². The minimum atomic E-state index is -0.961. The Morgan fingerprint density at radius 2 is 2.11 bits per heavy atom. The molecule has 100 valence electrons. The van der Waals surface area contributed by atoms with E-state index in [0.29, 0.717) is 0 Å². The Hall–Kier alpha value is -2.16. The van der Waals surface area contributed by atoms with Gasteiger partial charge in [0.15, 0.2) is 0 Å². The third-order valence-electron chi connectivity index (χ3n) is 2.54. The fraction of sp³-hybridized carbons (Fsp3) is 0.250. The van der Waals surface area contributed by atoms with Gasteiger partial charge in [-0.25, -0.2) is 4.79 Å². The Labute approximate surface area is 114 Å². The molecule has 0 fully saturated rings. The van der Waals surface area contributed by atoms with Gasteiger partial charge in [0, 0.05) is 18.0 Å². The van der Waals surface area contributed by atoms with Gasteiger partial charge in [0.1, 0.15) is 0 Å². The number of allylic oxidation sites excluding steroid dienone is 6. The van der Waals surface area contributed by atoms with E-state index in [9.17, 15) is 4.79 Å². The number of rotatable bonds is 6. The Bertz CT molecular complexity index is 513. The van der Waals surface area contributed by atoms with Gasteiger partial charge in [-0.05, 0) is 25.0 Å². The summed E-state index contributed by atoms with van der Waals surface area (Å²) in [5.41, 5.74) is 1.97. The van der Waals surface area contributed by atoms with Crippen molar-refractivity contribution in [2.75, 3.05) is 0 Å². The summed E-state index contributed by atoms with van der Waals surface area (Å²) in [5, 5.41) is 8.99. The zero-order valence-corrected chi connectivity index (χ0v) is 11.3. The van der Waals surface area contributed by atoms with Crippen LogP contribution in [0.3, 0.4) is 0 Å². The largest absolute Gasteiger partial charge is 0.478 e. The van der Waals surface area contributed by atoms with Gasteiger partial charge in [-0.15, -0.1) is 0 Å². The fourth-order valence-corrected chi connectivity index (χ4v) is 1.54. The summed E-state index contributed by atoms with van der Waals surface area (Å²) in [7, 11) is 0. The number of aromatic nitrogens is 1. The summed E-state index contributed by atoms with van der Waals surface area (Å²) in [5.74, 6) is -0.961. The van der Waals surface area contributed by atoms with E-state index < -0.39 is 5.97 Å². The molecule has 3 heteroatoms. The minimum absolute atomic E-state index is 0.202. The van der Waals surface area contributed by atoms with E-state index in [4.69, 9.17) is 5.11 Å². The normalized spacial score (nSPS) is 12.4. The van der Waals surface area contributed by atoms with Crippen LogP contribution in [0.2, 0.25) is 0 Å². The molecule has 1 aromatic rings. The maximum absolute atomic E-state index is 11.0. The van der Waals surface area contributed by atoms with Gasteiger partial charge >= 0.3 is 5.97 Å². The van der Waals surface area contributed by atoms with Crippen LogP contribution in [-0.2, 0) is 0 Å². The van der Waals surface area contributed by atoms with Crippen molar-refractivity contribution in [3.63, 3.8) is 0 Å². The Morgan fingerprint density at radius 1 is 1.37 bits per heavy atom. The molecular formula is C16H19NO2. The number of hydrogen-bond acceptors (Lipinski definition) is 2. The zero-order chi connectivity index (χ0) is 14.1. The molecule has 0 atom stereocenters. The number of nitrogens with zero attached hydrogens (tertiary/aromatic N) is 1. The van der Waals surface area contributed by atoms with Crippen molar-refractivity contribution < 1.29 is 9.90 Å². The van der Waals surface area contributed by atoms with Crippen molar-refractivity contribution in [1.82, 2.24) is 4.98 Å². The smallest absolute Gasteiger partial charge is 0.337 e. The van der Waals surface area contributed by atoms with Gasteiger partial charge in [0.05, 0.1) is 5.56 Å². The molecule has 0 unspecified atom stereocenters. The van der Waals surface area contributed by atoms with E-state index in [-0.39, 0.29) is 5.56 Å². The lowest BCUT2D eigenvalue weighted by Crippen LogP contribution is -1.98. The topological polar surface area (TPSA) is 50.2 Å². The van der Waals surface area contributed by atoms with E-state index in [1.807, 2.05) is 31.2 Å². The summed E-state index contributed by atoms with van der Waals surface area (Å²) >= 11 is 0. The predicted molar refractivity (Wildman–Crippen MR) is 78.0 cm³/mol. The molecule has 1 rings (SSSR count). The third-order valence-corrected chi connectivity index (χ3v) is 2.54. The van der Waals surface area contributed by atoms with Crippen molar-refractivity contribution in [2.24, 2.45) is 0 Å². The molecule has 1 aromatic heterocycles. The average Bonchev–Trinajstić information content (AvgIpc) is 2.43. The number of hydrogen-bond donors (Lipinski definition) is 1. The van der Waals surface area contributed by atoms with Crippen LogP contribution in [0.1, 0.15) is 42.6 Å². The van der Waals surface area contributed by atoms with Crippen LogP contribution in [0.5, 0.6) is 0 Å². The number of unbranched alkanes of at least 4 members (excludes halogenated alkanes) is 1. The highest BCUT2D eigenvalue weighted by atomic mass is 16.4. The number of carboxylic acids is 1. The molecule has 3 nitrogen and oxygen atoms in total. The van der Waals surface area contributed by atoms with Crippen LogP contribution in [0.15, 0.2) is 48.8 Å². The molecule has 0 aliphatic carbocycles.